The van der Waals surface area contributed by atoms with Crippen molar-refractivity contribution in [1.82, 2.24) is 9.80 Å². The van der Waals surface area contributed by atoms with Gasteiger partial charge in [-0.25, -0.2) is 0 Å². The summed E-state index contributed by atoms with van der Waals surface area (Å²) >= 11 is 12.4. The number of hydrogen-bond donors (Lipinski definition) is 1. The molecule has 35 heavy (non-hydrogen) atoms. The zero-order valence-electron chi connectivity index (χ0n) is 19.1. The molecule has 2 aromatic rings. The van der Waals surface area contributed by atoms with Crippen molar-refractivity contribution in [3.63, 3.8) is 0 Å². The summed E-state index contributed by atoms with van der Waals surface area (Å²) < 4.78 is 10.9. The van der Waals surface area contributed by atoms with E-state index in [0.29, 0.717) is 59.8 Å². The summed E-state index contributed by atoms with van der Waals surface area (Å²) in [6.45, 7) is 7.60. The molecule has 0 bridgehead atoms. The third kappa shape index (κ3) is 5.54. The van der Waals surface area contributed by atoms with Gasteiger partial charge in [-0.05, 0) is 42.0 Å². The number of likely N-dealkylation sites (tertiary alicyclic amines) is 1. The maximum absolute atomic E-state index is 13.2. The molecule has 7 nitrogen and oxygen atoms in total. The van der Waals surface area contributed by atoms with Crippen LogP contribution in [-0.4, -0.2) is 72.6 Å². The number of rotatable bonds is 8. The van der Waals surface area contributed by atoms with Crippen molar-refractivity contribution in [1.29, 1.82) is 0 Å². The molecule has 9 heteroatoms. The number of hydrogen-bond acceptors (Lipinski definition) is 6. The Kier molecular flexibility index (Phi) is 8.13. The zero-order valence-corrected chi connectivity index (χ0v) is 20.6. The van der Waals surface area contributed by atoms with Crippen molar-refractivity contribution in [2.45, 2.75) is 6.04 Å². The number of nitrogens with zero attached hydrogens (tertiary/aromatic N) is 2. The van der Waals surface area contributed by atoms with E-state index in [9.17, 15) is 14.7 Å². The minimum absolute atomic E-state index is 0.00938. The van der Waals surface area contributed by atoms with Crippen LogP contribution in [0.15, 0.2) is 60.7 Å². The van der Waals surface area contributed by atoms with Crippen LogP contribution in [0, 0.1) is 0 Å². The third-order valence-corrected chi connectivity index (χ3v) is 6.79. The second-order valence-electron chi connectivity index (χ2n) is 8.24. The molecule has 184 valence electrons. The van der Waals surface area contributed by atoms with Crippen LogP contribution in [0.5, 0.6) is 5.75 Å². The maximum Gasteiger partial charge on any atom is 0.295 e. The Hall–Kier alpha value is -2.84. The number of aliphatic hydroxyl groups excluding tert-OH is 1. The number of carbonyl (C=O) groups excluding carboxylic acids is 2. The van der Waals surface area contributed by atoms with E-state index in [-0.39, 0.29) is 11.3 Å². The fraction of sp³-hybridized carbons (Fsp3) is 0.308. The van der Waals surface area contributed by atoms with E-state index in [4.69, 9.17) is 32.7 Å². The first-order valence-electron chi connectivity index (χ1n) is 11.3. The summed E-state index contributed by atoms with van der Waals surface area (Å²) in [7, 11) is 0. The molecule has 0 unspecified atom stereocenters. The van der Waals surface area contributed by atoms with Gasteiger partial charge in [0.15, 0.2) is 0 Å². The van der Waals surface area contributed by atoms with Gasteiger partial charge in [0.2, 0.25) is 0 Å². The number of ether oxygens (including phenoxy) is 2. The summed E-state index contributed by atoms with van der Waals surface area (Å²) in [5, 5.41) is 11.9. The molecule has 0 saturated carbocycles. The van der Waals surface area contributed by atoms with Gasteiger partial charge < -0.3 is 19.5 Å². The zero-order chi connectivity index (χ0) is 24.9. The van der Waals surface area contributed by atoms with Crippen molar-refractivity contribution in [2.75, 3.05) is 46.0 Å². The number of aliphatic hydroxyl groups is 1. The highest BCUT2D eigenvalue weighted by molar-refractivity contribution is 6.46. The first kappa shape index (κ1) is 25.3. The molecule has 1 atom stereocenters. The lowest BCUT2D eigenvalue weighted by molar-refractivity contribution is -0.140. The van der Waals surface area contributed by atoms with Crippen LogP contribution in [-0.2, 0) is 14.3 Å². The van der Waals surface area contributed by atoms with E-state index in [1.54, 1.807) is 48.5 Å². The van der Waals surface area contributed by atoms with Crippen LogP contribution in [0.3, 0.4) is 0 Å². The summed E-state index contributed by atoms with van der Waals surface area (Å²) in [5.41, 5.74) is 0.996. The van der Waals surface area contributed by atoms with Gasteiger partial charge in [-0.1, -0.05) is 41.9 Å². The van der Waals surface area contributed by atoms with Gasteiger partial charge in [-0.15, -0.1) is 0 Å². The maximum atomic E-state index is 13.2. The average Bonchev–Trinajstić information content (AvgIpc) is 3.13. The Morgan fingerprint density at radius 3 is 2.46 bits per heavy atom. The molecular weight excluding hydrogens is 491 g/mol. The highest BCUT2D eigenvalue weighted by atomic mass is 35.5. The van der Waals surface area contributed by atoms with E-state index >= 15 is 0 Å². The van der Waals surface area contributed by atoms with E-state index < -0.39 is 17.7 Å². The molecular formula is C26H26Cl2N2O5. The van der Waals surface area contributed by atoms with E-state index in [2.05, 4.69) is 11.5 Å². The Bertz CT molecular complexity index is 1140. The summed E-state index contributed by atoms with van der Waals surface area (Å²) in [6.07, 6.45) is 1.63. The first-order valence-corrected chi connectivity index (χ1v) is 12.0. The summed E-state index contributed by atoms with van der Waals surface area (Å²) in [6, 6.07) is 10.8. The Labute approximate surface area is 214 Å². The minimum atomic E-state index is -0.803. The van der Waals surface area contributed by atoms with Crippen LogP contribution in [0.4, 0.5) is 0 Å². The van der Waals surface area contributed by atoms with Gasteiger partial charge >= 0.3 is 0 Å². The number of halogens is 2. The highest BCUT2D eigenvalue weighted by Gasteiger charge is 2.46. The SMILES string of the molecule is C=CCOc1ccc(C(O)=C2C(=O)C(=O)N(CCN3CCOCC3)[C@H]2c2ccc(Cl)c(Cl)c2)cc1. The first-order chi connectivity index (χ1) is 16.9. The third-order valence-electron chi connectivity index (χ3n) is 6.06. The van der Waals surface area contributed by atoms with Crippen molar-refractivity contribution < 1.29 is 24.2 Å². The molecule has 2 heterocycles. The molecule has 2 fully saturated rings. The number of Topliss-reactive ketones (excluding diaryl/α,β-unsaturated/α-hetero) is 1. The molecule has 4 rings (SSSR count). The molecule has 2 saturated heterocycles. The van der Waals surface area contributed by atoms with Gasteiger partial charge in [0.1, 0.15) is 18.1 Å². The second-order valence-corrected chi connectivity index (χ2v) is 9.06. The molecule has 0 radical (unpaired) electrons. The quantitative estimate of drug-likeness (QED) is 0.243. The number of morpholine rings is 1. The molecule has 0 spiro atoms. The summed E-state index contributed by atoms with van der Waals surface area (Å²) in [4.78, 5) is 30.0. The Morgan fingerprint density at radius 2 is 1.80 bits per heavy atom. The van der Waals surface area contributed by atoms with Crippen molar-refractivity contribution >= 4 is 40.7 Å². The lowest BCUT2D eigenvalue weighted by atomic mass is 9.95. The normalized spacial score (nSPS) is 20.3. The minimum Gasteiger partial charge on any atom is -0.507 e. The number of amides is 1. The van der Waals surface area contributed by atoms with Crippen LogP contribution in [0.25, 0.3) is 5.76 Å². The lowest BCUT2D eigenvalue weighted by Crippen LogP contribution is -2.42. The predicted molar refractivity (Wildman–Crippen MR) is 135 cm³/mol. The molecule has 2 aromatic carbocycles. The fourth-order valence-corrected chi connectivity index (χ4v) is 4.54. The lowest BCUT2D eigenvalue weighted by Gasteiger charge is -2.31. The van der Waals surface area contributed by atoms with Crippen molar-refractivity contribution in [3.05, 3.63) is 81.9 Å². The molecule has 1 amide bonds. The average molecular weight is 517 g/mol. The van der Waals surface area contributed by atoms with Gasteiger partial charge in [0.05, 0.1) is 34.9 Å². The van der Waals surface area contributed by atoms with Crippen LogP contribution in [0.1, 0.15) is 17.2 Å². The van der Waals surface area contributed by atoms with Crippen molar-refractivity contribution in [2.24, 2.45) is 0 Å². The summed E-state index contributed by atoms with van der Waals surface area (Å²) in [5.74, 6) is -1.08. The number of carbonyl (C=O) groups is 2. The van der Waals surface area contributed by atoms with Gasteiger partial charge in [0, 0.05) is 31.7 Å². The smallest absolute Gasteiger partial charge is 0.295 e. The van der Waals surface area contributed by atoms with Gasteiger partial charge in [-0.2, -0.15) is 0 Å². The molecule has 2 aliphatic rings. The molecule has 1 N–H and O–H groups in total. The molecule has 2 aliphatic heterocycles. The van der Waals surface area contributed by atoms with E-state index in [0.717, 1.165) is 13.1 Å². The highest BCUT2D eigenvalue weighted by Crippen LogP contribution is 2.41. The van der Waals surface area contributed by atoms with Gasteiger partial charge in [-0.3, -0.25) is 14.5 Å². The monoisotopic (exact) mass is 516 g/mol. The van der Waals surface area contributed by atoms with E-state index in [1.165, 1.54) is 4.90 Å². The van der Waals surface area contributed by atoms with Crippen LogP contribution >= 0.6 is 23.2 Å². The van der Waals surface area contributed by atoms with Crippen LogP contribution < -0.4 is 4.74 Å². The second kappa shape index (κ2) is 11.3. The largest absolute Gasteiger partial charge is 0.507 e. The predicted octanol–water partition coefficient (Wildman–Crippen LogP) is 4.31. The van der Waals surface area contributed by atoms with Crippen LogP contribution in [0.2, 0.25) is 10.0 Å². The Balaban J connectivity index is 1.71. The number of benzene rings is 2. The van der Waals surface area contributed by atoms with E-state index in [1.807, 2.05) is 0 Å². The standard InChI is InChI=1S/C26H26Cl2N2O5/c1-2-13-35-19-6-3-17(4-7-19)24(31)22-23(18-5-8-20(27)21(28)16-18)30(26(33)25(22)32)10-9-29-11-14-34-15-12-29/h2-8,16,23,31H,1,9-15H2/t23-/m0/s1. The fourth-order valence-electron chi connectivity index (χ4n) is 4.23. The molecule has 0 aliphatic carbocycles. The topological polar surface area (TPSA) is 79.3 Å². The van der Waals surface area contributed by atoms with Crippen molar-refractivity contribution in [3.8, 4) is 5.75 Å². The molecule has 0 aromatic heterocycles. The number of ketones is 1. The van der Waals surface area contributed by atoms with Gasteiger partial charge in [0.25, 0.3) is 11.7 Å². The Morgan fingerprint density at radius 1 is 1.09 bits per heavy atom.